The van der Waals surface area contributed by atoms with E-state index in [2.05, 4.69) is 16.0 Å². The molecule has 2 aliphatic heterocycles. The SMILES string of the molecule is CCCN1C(=O)[C@H](CCCCNC(=O)OCc2ccccc2)NC(=O)C12CCNCC2. The van der Waals surface area contributed by atoms with E-state index in [1.54, 1.807) is 0 Å². The Morgan fingerprint density at radius 1 is 1.19 bits per heavy atom. The number of carbonyl (C=O) groups excluding carboxylic acids is 3. The number of hydrogen-bond acceptors (Lipinski definition) is 5. The summed E-state index contributed by atoms with van der Waals surface area (Å²) in [7, 11) is 0. The summed E-state index contributed by atoms with van der Waals surface area (Å²) in [4.78, 5) is 39.7. The van der Waals surface area contributed by atoms with E-state index in [1.165, 1.54) is 0 Å². The van der Waals surface area contributed by atoms with Gasteiger partial charge in [-0.15, -0.1) is 0 Å². The van der Waals surface area contributed by atoms with Crippen molar-refractivity contribution in [2.75, 3.05) is 26.2 Å². The molecule has 2 fully saturated rings. The molecule has 8 heteroatoms. The molecule has 0 bridgehead atoms. The van der Waals surface area contributed by atoms with Gasteiger partial charge in [-0.2, -0.15) is 0 Å². The molecule has 0 radical (unpaired) electrons. The number of alkyl carbamates (subject to hydrolysis) is 1. The van der Waals surface area contributed by atoms with Crippen molar-refractivity contribution in [3.05, 3.63) is 35.9 Å². The average Bonchev–Trinajstić information content (AvgIpc) is 2.80. The molecule has 3 amide bonds. The Morgan fingerprint density at radius 2 is 1.94 bits per heavy atom. The number of piperidine rings is 1. The number of piperazine rings is 1. The Kier molecular flexibility index (Phi) is 8.28. The number of hydrogen-bond donors (Lipinski definition) is 3. The number of nitrogens with zero attached hydrogens (tertiary/aromatic N) is 1. The molecule has 31 heavy (non-hydrogen) atoms. The summed E-state index contributed by atoms with van der Waals surface area (Å²) in [6, 6.07) is 9.03. The van der Waals surface area contributed by atoms with Crippen LogP contribution in [0.5, 0.6) is 0 Å². The van der Waals surface area contributed by atoms with Crippen molar-refractivity contribution < 1.29 is 19.1 Å². The highest BCUT2D eigenvalue weighted by Crippen LogP contribution is 2.31. The lowest BCUT2D eigenvalue weighted by atomic mass is 9.82. The summed E-state index contributed by atoms with van der Waals surface area (Å²) in [6.07, 6.45) is 3.70. The minimum absolute atomic E-state index is 0.0188. The maximum atomic E-state index is 13.1. The van der Waals surface area contributed by atoms with Crippen molar-refractivity contribution in [3.8, 4) is 0 Å². The third kappa shape index (κ3) is 5.76. The fourth-order valence-corrected chi connectivity index (χ4v) is 4.39. The van der Waals surface area contributed by atoms with Gasteiger partial charge in [-0.1, -0.05) is 37.3 Å². The molecule has 1 atom stereocenters. The molecule has 0 aromatic heterocycles. The second-order valence-corrected chi connectivity index (χ2v) is 8.28. The number of unbranched alkanes of at least 4 members (excludes halogenated alkanes) is 1. The zero-order valence-electron chi connectivity index (χ0n) is 18.3. The van der Waals surface area contributed by atoms with Crippen LogP contribution in [0.3, 0.4) is 0 Å². The van der Waals surface area contributed by atoms with Crippen LogP contribution in [0.15, 0.2) is 30.3 Å². The molecule has 170 valence electrons. The van der Waals surface area contributed by atoms with Crippen molar-refractivity contribution in [2.24, 2.45) is 0 Å². The molecule has 3 rings (SSSR count). The van der Waals surface area contributed by atoms with E-state index in [9.17, 15) is 14.4 Å². The molecule has 0 unspecified atom stereocenters. The van der Waals surface area contributed by atoms with Crippen LogP contribution >= 0.6 is 0 Å². The summed E-state index contributed by atoms with van der Waals surface area (Å²) < 4.78 is 5.19. The fourth-order valence-electron chi connectivity index (χ4n) is 4.39. The van der Waals surface area contributed by atoms with Gasteiger partial charge in [0.05, 0.1) is 0 Å². The van der Waals surface area contributed by atoms with Crippen LogP contribution in [0.25, 0.3) is 0 Å². The van der Waals surface area contributed by atoms with Crippen LogP contribution in [-0.2, 0) is 20.9 Å². The van der Waals surface area contributed by atoms with Crippen molar-refractivity contribution in [1.29, 1.82) is 0 Å². The van der Waals surface area contributed by atoms with Crippen molar-refractivity contribution in [1.82, 2.24) is 20.9 Å². The molecule has 1 aromatic rings. The van der Waals surface area contributed by atoms with Crippen molar-refractivity contribution in [2.45, 2.75) is 63.6 Å². The number of rotatable bonds is 9. The second-order valence-electron chi connectivity index (χ2n) is 8.28. The molecule has 0 aliphatic carbocycles. The highest BCUT2D eigenvalue weighted by molar-refractivity contribution is 6.00. The van der Waals surface area contributed by atoms with Crippen molar-refractivity contribution >= 4 is 17.9 Å². The fraction of sp³-hybridized carbons (Fsp3) is 0.609. The molecule has 3 N–H and O–H groups in total. The topological polar surface area (TPSA) is 99.8 Å². The van der Waals surface area contributed by atoms with Gasteiger partial charge < -0.3 is 25.6 Å². The molecule has 2 heterocycles. The van der Waals surface area contributed by atoms with Gasteiger partial charge in [0.15, 0.2) is 0 Å². The van der Waals surface area contributed by atoms with E-state index in [1.807, 2.05) is 42.2 Å². The van der Waals surface area contributed by atoms with Gasteiger partial charge in [-0.05, 0) is 57.2 Å². The minimum Gasteiger partial charge on any atom is -0.445 e. The van der Waals surface area contributed by atoms with E-state index in [-0.39, 0.29) is 18.4 Å². The monoisotopic (exact) mass is 430 g/mol. The normalized spacial score (nSPS) is 20.4. The Morgan fingerprint density at radius 3 is 2.65 bits per heavy atom. The lowest BCUT2D eigenvalue weighted by molar-refractivity contribution is -0.159. The second kappa shape index (κ2) is 11.1. The highest BCUT2D eigenvalue weighted by Gasteiger charge is 2.52. The maximum absolute atomic E-state index is 13.1. The van der Waals surface area contributed by atoms with Crippen molar-refractivity contribution in [3.63, 3.8) is 0 Å². The van der Waals surface area contributed by atoms with Gasteiger partial charge in [-0.3, -0.25) is 9.59 Å². The molecule has 2 saturated heterocycles. The van der Waals surface area contributed by atoms with E-state index >= 15 is 0 Å². The molecule has 8 nitrogen and oxygen atoms in total. The Bertz CT molecular complexity index is 749. The molecular weight excluding hydrogens is 396 g/mol. The van der Waals surface area contributed by atoms with Crippen LogP contribution in [0.2, 0.25) is 0 Å². The first-order chi connectivity index (χ1) is 15.1. The molecular formula is C23H34N4O4. The summed E-state index contributed by atoms with van der Waals surface area (Å²) in [5.74, 6) is 0.00763. The summed E-state index contributed by atoms with van der Waals surface area (Å²) in [5, 5.41) is 9.00. The first-order valence-corrected chi connectivity index (χ1v) is 11.3. The van der Waals surface area contributed by atoms with Crippen LogP contribution in [0.4, 0.5) is 4.79 Å². The van der Waals surface area contributed by atoms with E-state index < -0.39 is 17.7 Å². The number of benzene rings is 1. The van der Waals surface area contributed by atoms with Crippen LogP contribution < -0.4 is 16.0 Å². The molecule has 1 aromatic carbocycles. The third-order valence-corrected chi connectivity index (χ3v) is 6.09. The Labute approximate surface area is 184 Å². The zero-order valence-corrected chi connectivity index (χ0v) is 18.3. The van der Waals surface area contributed by atoms with E-state index in [0.29, 0.717) is 38.8 Å². The standard InChI is InChI=1S/C23H34N4O4/c1-2-16-27-20(28)19(26-21(29)23(27)11-14-24-15-12-23)10-6-7-13-25-22(30)31-17-18-8-4-3-5-9-18/h3-5,8-9,19,24H,2,6-7,10-17H2,1H3,(H,25,30)(H,26,29)/t19-/m0/s1. The van der Waals surface area contributed by atoms with Crippen LogP contribution in [0, 0.1) is 0 Å². The largest absolute Gasteiger partial charge is 0.445 e. The van der Waals surface area contributed by atoms with Gasteiger partial charge in [0.1, 0.15) is 18.2 Å². The van der Waals surface area contributed by atoms with E-state index in [4.69, 9.17) is 4.74 Å². The number of ether oxygens (including phenoxy) is 1. The van der Waals surface area contributed by atoms with Gasteiger partial charge in [0.2, 0.25) is 11.8 Å². The quantitative estimate of drug-likeness (QED) is 0.520. The van der Waals surface area contributed by atoms with Gasteiger partial charge in [0, 0.05) is 13.1 Å². The van der Waals surface area contributed by atoms with E-state index in [0.717, 1.165) is 31.5 Å². The molecule has 1 spiro atoms. The molecule has 2 aliphatic rings. The summed E-state index contributed by atoms with van der Waals surface area (Å²) in [6.45, 7) is 4.84. The Hall–Kier alpha value is -2.61. The third-order valence-electron chi connectivity index (χ3n) is 6.09. The first kappa shape index (κ1) is 23.1. The van der Waals surface area contributed by atoms with Crippen LogP contribution in [-0.4, -0.2) is 60.6 Å². The van der Waals surface area contributed by atoms with Gasteiger partial charge in [-0.25, -0.2) is 4.79 Å². The predicted octanol–water partition coefficient (Wildman–Crippen LogP) is 1.94. The summed E-state index contributed by atoms with van der Waals surface area (Å²) in [5.41, 5.74) is 0.242. The van der Waals surface area contributed by atoms with Gasteiger partial charge in [0.25, 0.3) is 0 Å². The molecule has 0 saturated carbocycles. The maximum Gasteiger partial charge on any atom is 0.407 e. The van der Waals surface area contributed by atoms with Gasteiger partial charge >= 0.3 is 6.09 Å². The smallest absolute Gasteiger partial charge is 0.407 e. The van der Waals surface area contributed by atoms with Crippen LogP contribution in [0.1, 0.15) is 51.0 Å². The highest BCUT2D eigenvalue weighted by atomic mass is 16.5. The number of nitrogens with one attached hydrogen (secondary N) is 3. The lowest BCUT2D eigenvalue weighted by Crippen LogP contribution is -2.72. The minimum atomic E-state index is -0.696. The Balaban J connectivity index is 1.40. The predicted molar refractivity (Wildman–Crippen MR) is 117 cm³/mol. The number of amides is 3. The average molecular weight is 431 g/mol. The lowest BCUT2D eigenvalue weighted by Gasteiger charge is -2.50. The zero-order chi connectivity index (χ0) is 22.1. The number of carbonyl (C=O) groups is 3. The first-order valence-electron chi connectivity index (χ1n) is 11.3. The summed E-state index contributed by atoms with van der Waals surface area (Å²) >= 11 is 0.